The third-order valence-corrected chi connectivity index (χ3v) is 5.26. The Bertz CT molecular complexity index is 842. The first-order valence-corrected chi connectivity index (χ1v) is 9.58. The van der Waals surface area contributed by atoms with Crippen molar-refractivity contribution in [1.82, 2.24) is 20.1 Å². The predicted octanol–water partition coefficient (Wildman–Crippen LogP) is 2.45. The van der Waals surface area contributed by atoms with E-state index in [2.05, 4.69) is 25.0 Å². The summed E-state index contributed by atoms with van der Waals surface area (Å²) in [4.78, 5) is 21.8. The maximum absolute atomic E-state index is 12.6. The number of pyridine rings is 1. The second kappa shape index (κ2) is 7.84. The molecule has 10 heteroatoms. The molecule has 0 radical (unpaired) electrons. The van der Waals surface area contributed by atoms with E-state index >= 15 is 0 Å². The fraction of sp³-hybridized carbons (Fsp3) is 0.474. The Kier molecular flexibility index (Phi) is 5.25. The molecule has 2 saturated heterocycles. The van der Waals surface area contributed by atoms with E-state index in [0.717, 1.165) is 37.0 Å². The lowest BCUT2D eigenvalue weighted by molar-refractivity contribution is -0.141. The van der Waals surface area contributed by atoms with E-state index in [9.17, 15) is 18.0 Å². The Hall–Kier alpha value is -2.91. The SMILES string of the molecule is O=C(c1ccc(C(F)(F)F)nc1)N1CCN(c2ccc(N3CCCC3)nn2)CC1. The molecule has 4 rings (SSSR count). The van der Waals surface area contributed by atoms with Gasteiger partial charge in [0.1, 0.15) is 5.69 Å². The summed E-state index contributed by atoms with van der Waals surface area (Å²) >= 11 is 0. The quantitative estimate of drug-likeness (QED) is 0.780. The van der Waals surface area contributed by atoms with Crippen molar-refractivity contribution in [3.63, 3.8) is 0 Å². The predicted molar refractivity (Wildman–Crippen MR) is 101 cm³/mol. The number of hydrogen-bond donors (Lipinski definition) is 0. The third kappa shape index (κ3) is 4.25. The van der Waals surface area contributed by atoms with Crippen molar-refractivity contribution < 1.29 is 18.0 Å². The van der Waals surface area contributed by atoms with Gasteiger partial charge in [-0.1, -0.05) is 0 Å². The van der Waals surface area contributed by atoms with Crippen molar-refractivity contribution in [3.05, 3.63) is 41.7 Å². The molecule has 0 bridgehead atoms. The summed E-state index contributed by atoms with van der Waals surface area (Å²) in [7, 11) is 0. The first kappa shape index (κ1) is 19.4. The van der Waals surface area contributed by atoms with Crippen LogP contribution in [0.15, 0.2) is 30.5 Å². The molecule has 1 amide bonds. The molecule has 0 aliphatic carbocycles. The van der Waals surface area contributed by atoms with Crippen molar-refractivity contribution in [3.8, 4) is 0 Å². The Morgan fingerprint density at radius 1 is 0.828 bits per heavy atom. The minimum Gasteiger partial charge on any atom is -0.355 e. The van der Waals surface area contributed by atoms with Gasteiger partial charge in [-0.15, -0.1) is 10.2 Å². The molecule has 2 fully saturated rings. The highest BCUT2D eigenvalue weighted by Gasteiger charge is 2.32. The number of anilines is 2. The fourth-order valence-corrected chi connectivity index (χ4v) is 3.61. The minimum atomic E-state index is -4.52. The zero-order valence-electron chi connectivity index (χ0n) is 15.8. The van der Waals surface area contributed by atoms with Crippen molar-refractivity contribution in [1.29, 1.82) is 0 Å². The number of rotatable bonds is 3. The largest absolute Gasteiger partial charge is 0.433 e. The zero-order chi connectivity index (χ0) is 20.4. The molecule has 0 atom stereocenters. The van der Waals surface area contributed by atoms with E-state index < -0.39 is 11.9 Å². The molecular formula is C19H21F3N6O. The molecule has 0 unspecified atom stereocenters. The van der Waals surface area contributed by atoms with Crippen LogP contribution in [0.4, 0.5) is 24.8 Å². The minimum absolute atomic E-state index is 0.154. The van der Waals surface area contributed by atoms with Crippen LogP contribution in [-0.2, 0) is 6.18 Å². The van der Waals surface area contributed by atoms with Crippen LogP contribution in [-0.4, -0.2) is 65.3 Å². The summed E-state index contributed by atoms with van der Waals surface area (Å²) in [5.41, 5.74) is -0.851. The summed E-state index contributed by atoms with van der Waals surface area (Å²) in [5.74, 6) is 1.33. The zero-order valence-corrected chi connectivity index (χ0v) is 15.8. The van der Waals surface area contributed by atoms with E-state index in [-0.39, 0.29) is 11.5 Å². The monoisotopic (exact) mass is 406 g/mol. The molecule has 2 aromatic rings. The molecule has 2 aliphatic rings. The van der Waals surface area contributed by atoms with Crippen LogP contribution in [0.1, 0.15) is 28.9 Å². The lowest BCUT2D eigenvalue weighted by Crippen LogP contribution is -2.49. The molecule has 29 heavy (non-hydrogen) atoms. The Labute approximate surface area is 166 Å². The number of halogens is 3. The number of carbonyl (C=O) groups excluding carboxylic acids is 1. The Morgan fingerprint density at radius 3 is 1.90 bits per heavy atom. The van der Waals surface area contributed by atoms with Crippen LogP contribution in [0, 0.1) is 0 Å². The van der Waals surface area contributed by atoms with Gasteiger partial charge in [0, 0.05) is 45.5 Å². The number of nitrogens with zero attached hydrogens (tertiary/aromatic N) is 6. The average molecular weight is 406 g/mol. The smallest absolute Gasteiger partial charge is 0.355 e. The van der Waals surface area contributed by atoms with Crippen LogP contribution < -0.4 is 9.80 Å². The van der Waals surface area contributed by atoms with E-state index in [1.54, 1.807) is 4.90 Å². The summed E-state index contributed by atoms with van der Waals surface area (Å²) in [6.45, 7) is 4.08. The van der Waals surface area contributed by atoms with Gasteiger partial charge in [-0.25, -0.2) is 0 Å². The van der Waals surface area contributed by atoms with Gasteiger partial charge < -0.3 is 14.7 Å². The maximum Gasteiger partial charge on any atom is 0.433 e. The lowest BCUT2D eigenvalue weighted by Gasteiger charge is -2.35. The summed E-state index contributed by atoms with van der Waals surface area (Å²) in [6.07, 6.45) is -1.18. The first-order chi connectivity index (χ1) is 13.9. The molecule has 154 valence electrons. The Balaban J connectivity index is 1.34. The van der Waals surface area contributed by atoms with Crippen LogP contribution >= 0.6 is 0 Å². The molecule has 0 spiro atoms. The molecule has 7 nitrogen and oxygen atoms in total. The van der Waals surface area contributed by atoms with Gasteiger partial charge in [0.25, 0.3) is 5.91 Å². The van der Waals surface area contributed by atoms with E-state index in [1.165, 1.54) is 18.9 Å². The molecule has 4 heterocycles. The second-order valence-electron chi connectivity index (χ2n) is 7.15. The maximum atomic E-state index is 12.6. The molecule has 0 aromatic carbocycles. The average Bonchev–Trinajstić information content (AvgIpc) is 3.28. The van der Waals surface area contributed by atoms with Crippen LogP contribution in [0.3, 0.4) is 0 Å². The number of hydrogen-bond acceptors (Lipinski definition) is 6. The van der Waals surface area contributed by atoms with Gasteiger partial charge in [0.2, 0.25) is 0 Å². The summed E-state index contributed by atoms with van der Waals surface area (Å²) in [5, 5.41) is 8.64. The highest BCUT2D eigenvalue weighted by Crippen LogP contribution is 2.27. The van der Waals surface area contributed by atoms with Crippen molar-refractivity contribution in [2.24, 2.45) is 0 Å². The number of piperazine rings is 1. The molecule has 2 aliphatic heterocycles. The molecule has 2 aromatic heterocycles. The highest BCUT2D eigenvalue weighted by molar-refractivity contribution is 5.94. The van der Waals surface area contributed by atoms with Crippen LogP contribution in [0.5, 0.6) is 0 Å². The second-order valence-corrected chi connectivity index (χ2v) is 7.15. The third-order valence-electron chi connectivity index (χ3n) is 5.26. The standard InChI is InChI=1S/C19H21F3N6O/c20-19(21,22)15-4-3-14(13-23-15)18(29)28-11-9-27(10-12-28)17-6-5-16(24-25-17)26-7-1-2-8-26/h3-6,13H,1-2,7-12H2. The van der Waals surface area contributed by atoms with Crippen LogP contribution in [0.25, 0.3) is 0 Å². The fourth-order valence-electron chi connectivity index (χ4n) is 3.61. The Morgan fingerprint density at radius 2 is 1.41 bits per heavy atom. The van der Waals surface area contributed by atoms with Gasteiger partial charge in [0.15, 0.2) is 11.6 Å². The number of amides is 1. The van der Waals surface area contributed by atoms with Gasteiger partial charge in [-0.05, 0) is 37.1 Å². The number of aromatic nitrogens is 3. The topological polar surface area (TPSA) is 65.5 Å². The van der Waals surface area contributed by atoms with Gasteiger partial charge in [-0.3, -0.25) is 9.78 Å². The summed E-state index contributed by atoms with van der Waals surface area (Å²) in [6, 6.07) is 5.92. The van der Waals surface area contributed by atoms with Gasteiger partial charge in [0.05, 0.1) is 5.56 Å². The number of alkyl halides is 3. The van der Waals surface area contributed by atoms with E-state index in [4.69, 9.17) is 0 Å². The van der Waals surface area contributed by atoms with Gasteiger partial charge in [-0.2, -0.15) is 13.2 Å². The van der Waals surface area contributed by atoms with Crippen molar-refractivity contribution in [2.45, 2.75) is 19.0 Å². The van der Waals surface area contributed by atoms with Crippen LogP contribution in [0.2, 0.25) is 0 Å². The van der Waals surface area contributed by atoms with Crippen molar-refractivity contribution in [2.75, 3.05) is 49.1 Å². The van der Waals surface area contributed by atoms with Crippen molar-refractivity contribution >= 4 is 17.5 Å². The molecular weight excluding hydrogens is 385 g/mol. The molecule has 0 N–H and O–H groups in total. The first-order valence-electron chi connectivity index (χ1n) is 9.58. The van der Waals surface area contributed by atoms with E-state index in [1.807, 2.05) is 12.1 Å². The van der Waals surface area contributed by atoms with E-state index in [0.29, 0.717) is 26.2 Å². The van der Waals surface area contributed by atoms with Gasteiger partial charge >= 0.3 is 6.18 Å². The normalized spacial score (nSPS) is 17.7. The lowest BCUT2D eigenvalue weighted by atomic mass is 10.2. The highest BCUT2D eigenvalue weighted by atomic mass is 19.4. The molecule has 0 saturated carbocycles. The number of carbonyl (C=O) groups is 1. The summed E-state index contributed by atoms with van der Waals surface area (Å²) < 4.78 is 37.8.